The maximum absolute atomic E-state index is 5.99. The van der Waals surface area contributed by atoms with Gasteiger partial charge < -0.3 is 24.6 Å². The number of aliphatic imine (C=N–C) groups is 1. The van der Waals surface area contributed by atoms with Gasteiger partial charge in [0.2, 0.25) is 0 Å². The van der Waals surface area contributed by atoms with Gasteiger partial charge in [0, 0.05) is 59.4 Å². The van der Waals surface area contributed by atoms with Gasteiger partial charge in [-0.05, 0) is 35.2 Å². The van der Waals surface area contributed by atoms with E-state index in [4.69, 9.17) is 9.47 Å². The summed E-state index contributed by atoms with van der Waals surface area (Å²) in [5.74, 6) is 1.89. The standard InChI is InChI=1S/C23H33N5O2S.HI/c1-24-23(28-9-7-27(8-10-28)22-6-3-17-31-22)25-19-20-4-2-5-21(18-20)30-16-13-26-11-14-29-15-12-26;/h2-6,17-18H,7-16,19H2,1H3,(H,24,25);1H. The van der Waals surface area contributed by atoms with Crippen molar-refractivity contribution in [2.45, 2.75) is 6.54 Å². The number of nitrogens with zero attached hydrogens (tertiary/aromatic N) is 4. The lowest BCUT2D eigenvalue weighted by molar-refractivity contribution is 0.0322. The summed E-state index contributed by atoms with van der Waals surface area (Å²) in [5, 5.41) is 7.02. The smallest absolute Gasteiger partial charge is 0.194 e. The molecule has 2 saturated heterocycles. The molecule has 1 aromatic carbocycles. The molecule has 7 nitrogen and oxygen atoms in total. The third kappa shape index (κ3) is 7.23. The Morgan fingerprint density at radius 3 is 2.62 bits per heavy atom. The maximum Gasteiger partial charge on any atom is 0.194 e. The zero-order valence-corrected chi connectivity index (χ0v) is 21.9. The molecule has 0 saturated carbocycles. The van der Waals surface area contributed by atoms with E-state index in [1.165, 1.54) is 10.6 Å². The van der Waals surface area contributed by atoms with E-state index in [9.17, 15) is 0 Å². The average Bonchev–Trinajstić information content (AvgIpc) is 3.36. The van der Waals surface area contributed by atoms with E-state index in [0.717, 1.165) is 77.3 Å². The van der Waals surface area contributed by atoms with Gasteiger partial charge in [-0.25, -0.2) is 0 Å². The largest absolute Gasteiger partial charge is 0.492 e. The minimum atomic E-state index is 0. The van der Waals surface area contributed by atoms with Gasteiger partial charge in [0.25, 0.3) is 0 Å². The Balaban J connectivity index is 0.00000289. The molecule has 32 heavy (non-hydrogen) atoms. The Morgan fingerprint density at radius 1 is 1.09 bits per heavy atom. The molecule has 2 aliphatic rings. The second-order valence-electron chi connectivity index (χ2n) is 7.78. The van der Waals surface area contributed by atoms with Crippen LogP contribution in [0.2, 0.25) is 0 Å². The summed E-state index contributed by atoms with van der Waals surface area (Å²) in [5.41, 5.74) is 1.20. The number of guanidine groups is 1. The number of ether oxygens (including phenoxy) is 2. The minimum absolute atomic E-state index is 0. The summed E-state index contributed by atoms with van der Waals surface area (Å²) in [6, 6.07) is 12.7. The van der Waals surface area contributed by atoms with Crippen LogP contribution in [0.15, 0.2) is 46.8 Å². The topological polar surface area (TPSA) is 52.6 Å². The van der Waals surface area contributed by atoms with Crippen LogP contribution in [0.25, 0.3) is 0 Å². The summed E-state index contributed by atoms with van der Waals surface area (Å²) < 4.78 is 11.4. The van der Waals surface area contributed by atoms with Crippen molar-refractivity contribution in [3.63, 3.8) is 0 Å². The summed E-state index contributed by atoms with van der Waals surface area (Å²) in [6.07, 6.45) is 0. The average molecular weight is 572 g/mol. The third-order valence-electron chi connectivity index (χ3n) is 5.74. The van der Waals surface area contributed by atoms with Gasteiger partial charge in [-0.2, -0.15) is 0 Å². The van der Waals surface area contributed by atoms with Crippen LogP contribution in [-0.4, -0.2) is 88.4 Å². The summed E-state index contributed by atoms with van der Waals surface area (Å²) in [6.45, 7) is 10.0. The lowest BCUT2D eigenvalue weighted by atomic mass is 10.2. The zero-order valence-electron chi connectivity index (χ0n) is 18.7. The molecule has 2 aliphatic heterocycles. The number of benzene rings is 1. The van der Waals surface area contributed by atoms with Gasteiger partial charge in [0.1, 0.15) is 12.4 Å². The highest BCUT2D eigenvalue weighted by atomic mass is 127. The highest BCUT2D eigenvalue weighted by molar-refractivity contribution is 14.0. The van der Waals surface area contributed by atoms with Crippen molar-refractivity contribution in [3.05, 3.63) is 47.3 Å². The van der Waals surface area contributed by atoms with Crippen molar-refractivity contribution in [2.24, 2.45) is 4.99 Å². The van der Waals surface area contributed by atoms with Crippen LogP contribution < -0.4 is 15.0 Å². The highest BCUT2D eigenvalue weighted by Crippen LogP contribution is 2.22. The molecule has 0 amide bonds. The van der Waals surface area contributed by atoms with Gasteiger partial charge in [-0.15, -0.1) is 35.3 Å². The fraction of sp³-hybridized carbons (Fsp3) is 0.522. The predicted molar refractivity (Wildman–Crippen MR) is 143 cm³/mol. The minimum Gasteiger partial charge on any atom is -0.492 e. The Bertz CT molecular complexity index is 822. The summed E-state index contributed by atoms with van der Waals surface area (Å²) in [4.78, 5) is 11.7. The molecule has 9 heteroatoms. The molecule has 176 valence electrons. The number of thiophene rings is 1. The number of nitrogens with one attached hydrogen (secondary N) is 1. The van der Waals surface area contributed by atoms with E-state index in [1.807, 2.05) is 24.5 Å². The first-order valence-corrected chi connectivity index (χ1v) is 12.0. The molecule has 0 radical (unpaired) electrons. The van der Waals surface area contributed by atoms with Crippen molar-refractivity contribution in [3.8, 4) is 5.75 Å². The van der Waals surface area contributed by atoms with Gasteiger partial charge in [-0.1, -0.05) is 12.1 Å². The fourth-order valence-electron chi connectivity index (χ4n) is 3.96. The second kappa shape index (κ2) is 13.2. The molecular weight excluding hydrogens is 537 g/mol. The molecule has 0 aliphatic carbocycles. The van der Waals surface area contributed by atoms with Crippen molar-refractivity contribution in [1.29, 1.82) is 0 Å². The highest BCUT2D eigenvalue weighted by Gasteiger charge is 2.20. The van der Waals surface area contributed by atoms with Crippen molar-refractivity contribution in [2.75, 3.05) is 77.6 Å². The molecule has 0 spiro atoms. The number of morpholine rings is 1. The molecular formula is C23H34IN5O2S. The van der Waals surface area contributed by atoms with Crippen LogP contribution in [-0.2, 0) is 11.3 Å². The van der Waals surface area contributed by atoms with Crippen molar-refractivity contribution < 1.29 is 9.47 Å². The van der Waals surface area contributed by atoms with Crippen LogP contribution in [0, 0.1) is 0 Å². The Kier molecular flexibility index (Phi) is 10.4. The number of halogens is 1. The quantitative estimate of drug-likeness (QED) is 0.314. The van der Waals surface area contributed by atoms with Gasteiger partial charge in [0.05, 0.1) is 18.2 Å². The predicted octanol–water partition coefficient (Wildman–Crippen LogP) is 2.97. The van der Waals surface area contributed by atoms with Crippen molar-refractivity contribution in [1.82, 2.24) is 15.1 Å². The molecule has 4 rings (SSSR count). The molecule has 3 heterocycles. The lowest BCUT2D eigenvalue weighted by Gasteiger charge is -2.37. The van der Waals surface area contributed by atoms with E-state index in [-0.39, 0.29) is 24.0 Å². The second-order valence-corrected chi connectivity index (χ2v) is 8.70. The Morgan fingerprint density at radius 2 is 1.91 bits per heavy atom. The lowest BCUT2D eigenvalue weighted by Crippen LogP contribution is -2.52. The normalized spacial score (nSPS) is 17.7. The van der Waals surface area contributed by atoms with Gasteiger partial charge in [0.15, 0.2) is 5.96 Å². The van der Waals surface area contributed by atoms with Crippen molar-refractivity contribution >= 4 is 46.3 Å². The van der Waals surface area contributed by atoms with Gasteiger partial charge in [-0.3, -0.25) is 9.89 Å². The Hall–Kier alpha value is -1.56. The van der Waals surface area contributed by atoms with E-state index >= 15 is 0 Å². The summed E-state index contributed by atoms with van der Waals surface area (Å²) in [7, 11) is 1.86. The molecule has 0 unspecified atom stereocenters. The first kappa shape index (κ1) is 25.1. The van der Waals surface area contributed by atoms with Gasteiger partial charge >= 0.3 is 0 Å². The SMILES string of the molecule is CN=C(NCc1cccc(OCCN2CCOCC2)c1)N1CCN(c2cccs2)CC1.I. The molecule has 2 aromatic rings. The molecule has 2 fully saturated rings. The van der Waals surface area contributed by atoms with Crippen LogP contribution in [0.5, 0.6) is 5.75 Å². The molecule has 0 bridgehead atoms. The number of hydrogen-bond acceptors (Lipinski definition) is 6. The van der Waals surface area contributed by atoms with Crippen LogP contribution >= 0.6 is 35.3 Å². The monoisotopic (exact) mass is 571 g/mol. The molecule has 1 aromatic heterocycles. The van der Waals surface area contributed by atoms with Crippen LogP contribution in [0.3, 0.4) is 0 Å². The number of hydrogen-bond donors (Lipinski definition) is 1. The van der Waals surface area contributed by atoms with Crippen LogP contribution in [0.4, 0.5) is 5.00 Å². The fourth-order valence-corrected chi connectivity index (χ4v) is 4.75. The van der Waals surface area contributed by atoms with E-state index in [1.54, 1.807) is 0 Å². The molecule has 0 atom stereocenters. The third-order valence-corrected chi connectivity index (χ3v) is 6.67. The number of piperazine rings is 1. The summed E-state index contributed by atoms with van der Waals surface area (Å²) >= 11 is 1.81. The first-order chi connectivity index (χ1) is 15.3. The van der Waals surface area contributed by atoms with E-state index in [2.05, 4.69) is 60.7 Å². The Labute approximate surface area is 212 Å². The zero-order chi connectivity index (χ0) is 21.3. The maximum atomic E-state index is 5.99. The van der Waals surface area contributed by atoms with E-state index < -0.39 is 0 Å². The molecule has 1 N–H and O–H groups in total. The van der Waals surface area contributed by atoms with E-state index in [0.29, 0.717) is 6.61 Å². The number of rotatable bonds is 7. The van der Waals surface area contributed by atoms with Crippen LogP contribution in [0.1, 0.15) is 5.56 Å². The first-order valence-electron chi connectivity index (χ1n) is 11.1. The number of anilines is 1.